The standard InChI is InChI=1S/C11H15FN2/c12-9-3-5-11(6-4-9)14-7-1-2-10(13)8-14/h3-6,10H,1-2,7-8,13H2. The van der Waals surface area contributed by atoms with Crippen molar-refractivity contribution in [2.24, 2.45) is 5.73 Å². The van der Waals surface area contributed by atoms with E-state index in [1.807, 2.05) is 12.1 Å². The van der Waals surface area contributed by atoms with E-state index in [4.69, 9.17) is 5.73 Å². The fraction of sp³-hybridized carbons (Fsp3) is 0.455. The molecule has 0 radical (unpaired) electrons. The third-order valence-electron chi connectivity index (χ3n) is 2.65. The molecular formula is C11H15FN2. The van der Waals surface area contributed by atoms with Crippen molar-refractivity contribution in [1.82, 2.24) is 0 Å². The maximum absolute atomic E-state index is 12.7. The zero-order chi connectivity index (χ0) is 9.97. The van der Waals surface area contributed by atoms with E-state index in [0.717, 1.165) is 31.6 Å². The molecule has 1 fully saturated rings. The summed E-state index contributed by atoms with van der Waals surface area (Å²) in [5.74, 6) is -0.185. The first kappa shape index (κ1) is 9.46. The minimum Gasteiger partial charge on any atom is -0.370 e. The van der Waals surface area contributed by atoms with Crippen LogP contribution in [0.1, 0.15) is 12.8 Å². The number of anilines is 1. The van der Waals surface area contributed by atoms with Gasteiger partial charge in [-0.25, -0.2) is 4.39 Å². The van der Waals surface area contributed by atoms with Gasteiger partial charge in [-0.3, -0.25) is 0 Å². The molecule has 1 heterocycles. The number of nitrogens with two attached hydrogens (primary N) is 1. The SMILES string of the molecule is NC1CCCN(c2ccc(F)cc2)C1. The van der Waals surface area contributed by atoms with Crippen LogP contribution in [0.2, 0.25) is 0 Å². The molecular weight excluding hydrogens is 179 g/mol. The van der Waals surface area contributed by atoms with E-state index in [2.05, 4.69) is 4.90 Å². The van der Waals surface area contributed by atoms with Gasteiger partial charge in [-0.2, -0.15) is 0 Å². The smallest absolute Gasteiger partial charge is 0.123 e. The Hall–Kier alpha value is -1.09. The predicted octanol–water partition coefficient (Wildman–Crippen LogP) is 1.75. The minimum absolute atomic E-state index is 0.185. The Morgan fingerprint density at radius 2 is 2.00 bits per heavy atom. The van der Waals surface area contributed by atoms with Crippen molar-refractivity contribution in [2.45, 2.75) is 18.9 Å². The number of benzene rings is 1. The van der Waals surface area contributed by atoms with Crippen molar-refractivity contribution in [2.75, 3.05) is 18.0 Å². The normalized spacial score (nSPS) is 22.4. The van der Waals surface area contributed by atoms with Crippen LogP contribution in [0.15, 0.2) is 24.3 Å². The lowest BCUT2D eigenvalue weighted by Crippen LogP contribution is -2.42. The molecule has 0 aromatic heterocycles. The molecule has 2 rings (SSSR count). The average Bonchev–Trinajstić information content (AvgIpc) is 2.19. The van der Waals surface area contributed by atoms with Crippen molar-refractivity contribution < 1.29 is 4.39 Å². The topological polar surface area (TPSA) is 29.3 Å². The number of nitrogens with zero attached hydrogens (tertiary/aromatic N) is 1. The molecule has 1 aliphatic heterocycles. The second-order valence-corrected chi connectivity index (χ2v) is 3.82. The van der Waals surface area contributed by atoms with Crippen molar-refractivity contribution in [3.05, 3.63) is 30.1 Å². The quantitative estimate of drug-likeness (QED) is 0.738. The molecule has 1 atom stereocenters. The first-order chi connectivity index (χ1) is 6.75. The minimum atomic E-state index is -0.185. The van der Waals surface area contributed by atoms with Crippen LogP contribution in [-0.2, 0) is 0 Å². The van der Waals surface area contributed by atoms with E-state index in [9.17, 15) is 4.39 Å². The fourth-order valence-corrected chi connectivity index (χ4v) is 1.90. The Kier molecular flexibility index (Phi) is 2.68. The highest BCUT2D eigenvalue weighted by Gasteiger charge is 2.16. The number of hydrogen-bond donors (Lipinski definition) is 1. The van der Waals surface area contributed by atoms with Crippen molar-refractivity contribution in [1.29, 1.82) is 0 Å². The predicted molar refractivity (Wildman–Crippen MR) is 55.8 cm³/mol. The highest BCUT2D eigenvalue weighted by Crippen LogP contribution is 2.19. The van der Waals surface area contributed by atoms with Gasteiger partial charge in [-0.1, -0.05) is 0 Å². The molecule has 0 bridgehead atoms. The lowest BCUT2D eigenvalue weighted by molar-refractivity contribution is 0.506. The van der Waals surface area contributed by atoms with Gasteiger partial charge in [0.05, 0.1) is 0 Å². The van der Waals surface area contributed by atoms with Gasteiger partial charge >= 0.3 is 0 Å². The molecule has 1 unspecified atom stereocenters. The van der Waals surface area contributed by atoms with Crippen LogP contribution < -0.4 is 10.6 Å². The van der Waals surface area contributed by atoms with Gasteiger partial charge < -0.3 is 10.6 Å². The second kappa shape index (κ2) is 3.96. The van der Waals surface area contributed by atoms with E-state index in [-0.39, 0.29) is 11.9 Å². The van der Waals surface area contributed by atoms with Crippen molar-refractivity contribution >= 4 is 5.69 Å². The van der Waals surface area contributed by atoms with E-state index in [1.54, 1.807) is 0 Å². The Labute approximate surface area is 83.5 Å². The average molecular weight is 194 g/mol. The Morgan fingerprint density at radius 1 is 1.29 bits per heavy atom. The molecule has 76 valence electrons. The number of rotatable bonds is 1. The van der Waals surface area contributed by atoms with Gasteiger partial charge in [0.15, 0.2) is 0 Å². The van der Waals surface area contributed by atoms with Crippen LogP contribution in [0.4, 0.5) is 10.1 Å². The Balaban J connectivity index is 2.10. The van der Waals surface area contributed by atoms with Crippen LogP contribution in [-0.4, -0.2) is 19.1 Å². The van der Waals surface area contributed by atoms with E-state index >= 15 is 0 Å². The lowest BCUT2D eigenvalue weighted by Gasteiger charge is -2.32. The summed E-state index contributed by atoms with van der Waals surface area (Å²) in [7, 11) is 0. The summed E-state index contributed by atoms with van der Waals surface area (Å²) in [5.41, 5.74) is 6.95. The summed E-state index contributed by atoms with van der Waals surface area (Å²) >= 11 is 0. The summed E-state index contributed by atoms with van der Waals surface area (Å²) in [4.78, 5) is 2.22. The van der Waals surface area contributed by atoms with Crippen LogP contribution in [0.25, 0.3) is 0 Å². The molecule has 1 aliphatic rings. The third-order valence-corrected chi connectivity index (χ3v) is 2.65. The maximum Gasteiger partial charge on any atom is 0.123 e. The monoisotopic (exact) mass is 194 g/mol. The van der Waals surface area contributed by atoms with Crippen LogP contribution in [0.5, 0.6) is 0 Å². The van der Waals surface area contributed by atoms with Crippen LogP contribution >= 0.6 is 0 Å². The Bertz CT molecular complexity index is 297. The van der Waals surface area contributed by atoms with Gasteiger partial charge in [-0.15, -0.1) is 0 Å². The number of hydrogen-bond acceptors (Lipinski definition) is 2. The Morgan fingerprint density at radius 3 is 2.64 bits per heavy atom. The molecule has 0 saturated carbocycles. The molecule has 2 N–H and O–H groups in total. The molecule has 1 saturated heterocycles. The van der Waals surface area contributed by atoms with Gasteiger partial charge in [0.25, 0.3) is 0 Å². The molecule has 0 aliphatic carbocycles. The largest absolute Gasteiger partial charge is 0.370 e. The molecule has 3 heteroatoms. The first-order valence-electron chi connectivity index (χ1n) is 5.02. The summed E-state index contributed by atoms with van der Waals surface area (Å²) in [6.07, 6.45) is 2.22. The van der Waals surface area contributed by atoms with Crippen LogP contribution in [0.3, 0.4) is 0 Å². The zero-order valence-electron chi connectivity index (χ0n) is 8.12. The van der Waals surface area contributed by atoms with Crippen LogP contribution in [0, 0.1) is 5.82 Å². The second-order valence-electron chi connectivity index (χ2n) is 3.82. The molecule has 1 aromatic carbocycles. The summed E-state index contributed by atoms with van der Waals surface area (Å²) in [5, 5.41) is 0. The molecule has 0 spiro atoms. The highest BCUT2D eigenvalue weighted by atomic mass is 19.1. The van der Waals surface area contributed by atoms with Crippen molar-refractivity contribution in [3.63, 3.8) is 0 Å². The maximum atomic E-state index is 12.7. The summed E-state index contributed by atoms with van der Waals surface area (Å²) in [6.45, 7) is 1.91. The highest BCUT2D eigenvalue weighted by molar-refractivity contribution is 5.46. The van der Waals surface area contributed by atoms with Gasteiger partial charge in [0.2, 0.25) is 0 Å². The summed E-state index contributed by atoms with van der Waals surface area (Å²) in [6, 6.07) is 6.87. The molecule has 0 amide bonds. The third kappa shape index (κ3) is 2.04. The molecule has 1 aromatic rings. The van der Waals surface area contributed by atoms with E-state index in [1.165, 1.54) is 12.1 Å². The van der Waals surface area contributed by atoms with Crippen molar-refractivity contribution in [3.8, 4) is 0 Å². The summed E-state index contributed by atoms with van der Waals surface area (Å²) < 4.78 is 12.7. The van der Waals surface area contributed by atoms with Gasteiger partial charge in [0, 0.05) is 24.8 Å². The number of piperidine rings is 1. The first-order valence-corrected chi connectivity index (χ1v) is 5.02. The zero-order valence-corrected chi connectivity index (χ0v) is 8.12. The molecule has 14 heavy (non-hydrogen) atoms. The fourth-order valence-electron chi connectivity index (χ4n) is 1.90. The number of halogens is 1. The van der Waals surface area contributed by atoms with E-state index < -0.39 is 0 Å². The van der Waals surface area contributed by atoms with Gasteiger partial charge in [0.1, 0.15) is 5.82 Å². The molecule has 2 nitrogen and oxygen atoms in total. The van der Waals surface area contributed by atoms with E-state index in [0.29, 0.717) is 0 Å². The van der Waals surface area contributed by atoms with Gasteiger partial charge in [-0.05, 0) is 37.1 Å². The lowest BCUT2D eigenvalue weighted by atomic mass is 10.1.